The Hall–Kier alpha value is -1.23. The number of hydrogen-bond donors (Lipinski definition) is 1. The zero-order chi connectivity index (χ0) is 11.1. The van der Waals surface area contributed by atoms with Crippen LogP contribution in [0.2, 0.25) is 0 Å². The Labute approximate surface area is 92.9 Å². The summed E-state index contributed by atoms with van der Waals surface area (Å²) >= 11 is 0. The Bertz CT molecular complexity index is 275. The van der Waals surface area contributed by atoms with E-state index in [0.29, 0.717) is 6.04 Å². The first-order chi connectivity index (χ1) is 7.26. The Balaban J connectivity index is 2.40. The molecule has 0 atom stereocenters. The van der Waals surface area contributed by atoms with Crippen LogP contribution >= 0.6 is 0 Å². The van der Waals surface area contributed by atoms with Gasteiger partial charge >= 0.3 is 0 Å². The van der Waals surface area contributed by atoms with Crippen LogP contribution in [0.25, 0.3) is 0 Å². The van der Waals surface area contributed by atoms with Crippen LogP contribution in [-0.4, -0.2) is 12.3 Å². The van der Waals surface area contributed by atoms with Gasteiger partial charge in [-0.05, 0) is 44.6 Å². The van der Waals surface area contributed by atoms with E-state index < -0.39 is 0 Å². The Kier molecular flexibility index (Phi) is 4.97. The third-order valence-corrected chi connectivity index (χ3v) is 2.92. The highest BCUT2D eigenvalue weighted by atomic mass is 15.0. The summed E-state index contributed by atoms with van der Waals surface area (Å²) in [6, 6.07) is 0.572. The van der Waals surface area contributed by atoms with E-state index in [1.54, 1.807) is 0 Å². The van der Waals surface area contributed by atoms with Gasteiger partial charge in [-0.25, -0.2) is 4.99 Å². The van der Waals surface area contributed by atoms with Crippen molar-refractivity contribution in [3.63, 3.8) is 0 Å². The molecule has 0 aromatic carbocycles. The molecule has 1 rings (SSSR count). The van der Waals surface area contributed by atoms with Crippen LogP contribution in [0.3, 0.4) is 0 Å². The fraction of sp³-hybridized carbons (Fsp3) is 0.615. The lowest BCUT2D eigenvalue weighted by molar-refractivity contribution is 0.320. The number of allylic oxidation sites excluding steroid dienone is 1. The van der Waals surface area contributed by atoms with E-state index in [9.17, 15) is 0 Å². The van der Waals surface area contributed by atoms with Gasteiger partial charge in [-0.1, -0.05) is 12.8 Å². The standard InChI is InChI=1S/C13H20N2/c1-4-10-14-13(5-2)15-12-8-6-11(3)7-9-12/h1,5,10-12,15H,6-9H2,2-3H3/b13-5+,14-10?. The number of rotatable bonds is 3. The predicted molar refractivity (Wildman–Crippen MR) is 65.6 cm³/mol. The van der Waals surface area contributed by atoms with Gasteiger partial charge < -0.3 is 5.32 Å². The van der Waals surface area contributed by atoms with Crippen molar-refractivity contribution < 1.29 is 0 Å². The van der Waals surface area contributed by atoms with Crippen molar-refractivity contribution in [1.29, 1.82) is 0 Å². The van der Waals surface area contributed by atoms with Crippen LogP contribution in [-0.2, 0) is 0 Å². The topological polar surface area (TPSA) is 24.4 Å². The highest BCUT2D eigenvalue weighted by Gasteiger charge is 2.17. The molecule has 1 aliphatic rings. The molecule has 0 radical (unpaired) electrons. The Morgan fingerprint density at radius 3 is 2.60 bits per heavy atom. The summed E-state index contributed by atoms with van der Waals surface area (Å²) in [5.74, 6) is 4.18. The number of terminal acetylenes is 1. The minimum absolute atomic E-state index is 0.572. The molecule has 0 aliphatic heterocycles. The van der Waals surface area contributed by atoms with Crippen molar-refractivity contribution >= 4 is 6.21 Å². The van der Waals surface area contributed by atoms with Crippen LogP contribution in [0, 0.1) is 18.3 Å². The van der Waals surface area contributed by atoms with Gasteiger partial charge in [-0.2, -0.15) is 0 Å². The summed E-state index contributed by atoms with van der Waals surface area (Å²) in [6.07, 6.45) is 13.7. The third kappa shape index (κ3) is 4.20. The van der Waals surface area contributed by atoms with E-state index in [1.165, 1.54) is 31.9 Å². The highest BCUT2D eigenvalue weighted by molar-refractivity contribution is 5.78. The van der Waals surface area contributed by atoms with Gasteiger partial charge in [0.2, 0.25) is 0 Å². The van der Waals surface area contributed by atoms with E-state index in [2.05, 4.69) is 23.2 Å². The molecule has 1 fully saturated rings. The molecular formula is C13H20N2. The van der Waals surface area contributed by atoms with Gasteiger partial charge in [-0.15, -0.1) is 6.42 Å². The van der Waals surface area contributed by atoms with Gasteiger partial charge in [0, 0.05) is 6.04 Å². The maximum absolute atomic E-state index is 5.13. The third-order valence-electron chi connectivity index (χ3n) is 2.92. The molecule has 0 bridgehead atoms. The van der Waals surface area contributed by atoms with Gasteiger partial charge in [0.1, 0.15) is 5.82 Å². The van der Waals surface area contributed by atoms with Crippen molar-refractivity contribution in [2.24, 2.45) is 10.9 Å². The summed E-state index contributed by atoms with van der Waals surface area (Å²) in [7, 11) is 0. The molecule has 15 heavy (non-hydrogen) atoms. The zero-order valence-corrected chi connectivity index (χ0v) is 9.66. The van der Waals surface area contributed by atoms with E-state index in [0.717, 1.165) is 11.7 Å². The van der Waals surface area contributed by atoms with Crippen molar-refractivity contribution in [2.45, 2.75) is 45.6 Å². The minimum atomic E-state index is 0.572. The molecule has 0 heterocycles. The molecule has 82 valence electrons. The second-order valence-electron chi connectivity index (χ2n) is 4.20. The first kappa shape index (κ1) is 11.8. The molecule has 1 aliphatic carbocycles. The van der Waals surface area contributed by atoms with Gasteiger partial charge in [0.05, 0.1) is 6.21 Å². The largest absolute Gasteiger partial charge is 0.368 e. The summed E-state index contributed by atoms with van der Waals surface area (Å²) in [6.45, 7) is 4.30. The average molecular weight is 204 g/mol. The molecule has 0 unspecified atom stereocenters. The summed E-state index contributed by atoms with van der Waals surface area (Å²) in [4.78, 5) is 4.16. The molecular weight excluding hydrogens is 184 g/mol. The molecule has 0 spiro atoms. The molecule has 1 N–H and O–H groups in total. The van der Waals surface area contributed by atoms with Crippen LogP contribution in [0.15, 0.2) is 16.9 Å². The predicted octanol–water partition coefficient (Wildman–Crippen LogP) is 2.72. The minimum Gasteiger partial charge on any atom is -0.368 e. The van der Waals surface area contributed by atoms with E-state index in [4.69, 9.17) is 6.42 Å². The monoisotopic (exact) mass is 204 g/mol. The second kappa shape index (κ2) is 6.29. The molecule has 2 heteroatoms. The number of nitrogens with zero attached hydrogens (tertiary/aromatic N) is 1. The Morgan fingerprint density at radius 1 is 1.40 bits per heavy atom. The van der Waals surface area contributed by atoms with Gasteiger partial charge in [0.15, 0.2) is 0 Å². The first-order valence-electron chi connectivity index (χ1n) is 5.67. The first-order valence-corrected chi connectivity index (χ1v) is 5.67. The van der Waals surface area contributed by atoms with Crippen LogP contribution < -0.4 is 5.32 Å². The second-order valence-corrected chi connectivity index (χ2v) is 4.20. The zero-order valence-electron chi connectivity index (χ0n) is 9.66. The maximum Gasteiger partial charge on any atom is 0.122 e. The molecule has 0 aromatic rings. The van der Waals surface area contributed by atoms with E-state index in [1.807, 2.05) is 13.0 Å². The van der Waals surface area contributed by atoms with Crippen molar-refractivity contribution in [2.75, 3.05) is 0 Å². The van der Waals surface area contributed by atoms with Crippen LogP contribution in [0.4, 0.5) is 0 Å². The Morgan fingerprint density at radius 2 is 2.07 bits per heavy atom. The van der Waals surface area contributed by atoms with Gasteiger partial charge in [-0.3, -0.25) is 0 Å². The maximum atomic E-state index is 5.13. The van der Waals surface area contributed by atoms with Crippen LogP contribution in [0.1, 0.15) is 39.5 Å². The fourth-order valence-corrected chi connectivity index (χ4v) is 1.92. The fourth-order valence-electron chi connectivity index (χ4n) is 1.92. The SMILES string of the molecule is C#CC=N/C(=C\C)NC1CCC(C)CC1. The normalized spacial score (nSPS) is 27.7. The lowest BCUT2D eigenvalue weighted by Gasteiger charge is -2.27. The molecule has 1 saturated carbocycles. The highest BCUT2D eigenvalue weighted by Crippen LogP contribution is 2.23. The summed E-state index contributed by atoms with van der Waals surface area (Å²) in [5, 5.41) is 3.43. The molecule has 0 amide bonds. The molecule has 2 nitrogen and oxygen atoms in total. The summed E-state index contributed by atoms with van der Waals surface area (Å²) in [5.41, 5.74) is 0. The number of nitrogens with one attached hydrogen (secondary N) is 1. The number of hydrogen-bond acceptors (Lipinski definition) is 2. The lowest BCUT2D eigenvalue weighted by atomic mass is 9.87. The lowest BCUT2D eigenvalue weighted by Crippen LogP contribution is -2.31. The quantitative estimate of drug-likeness (QED) is 0.555. The molecule has 0 saturated heterocycles. The molecule has 0 aromatic heterocycles. The smallest absolute Gasteiger partial charge is 0.122 e. The van der Waals surface area contributed by atoms with Crippen molar-refractivity contribution in [3.05, 3.63) is 11.9 Å². The average Bonchev–Trinajstić information content (AvgIpc) is 2.27. The van der Waals surface area contributed by atoms with Gasteiger partial charge in [0.25, 0.3) is 0 Å². The van der Waals surface area contributed by atoms with E-state index >= 15 is 0 Å². The van der Waals surface area contributed by atoms with Crippen molar-refractivity contribution in [1.82, 2.24) is 5.32 Å². The van der Waals surface area contributed by atoms with Crippen molar-refractivity contribution in [3.8, 4) is 12.3 Å². The number of aliphatic imine (C=N–C) groups is 1. The van der Waals surface area contributed by atoms with E-state index in [-0.39, 0.29) is 0 Å². The van der Waals surface area contributed by atoms with Crippen LogP contribution in [0.5, 0.6) is 0 Å². The summed E-state index contributed by atoms with van der Waals surface area (Å²) < 4.78 is 0.